The Kier molecular flexibility index (Phi) is 4.60. The van der Waals surface area contributed by atoms with E-state index in [-0.39, 0.29) is 5.91 Å². The Morgan fingerprint density at radius 1 is 1.30 bits per heavy atom. The molecular formula is C19H22N2O2. The SMILES string of the molecule is CC(C)COc1ccccc1-c1cc(C(=O)NC2CC2)ccn1. The minimum atomic E-state index is -0.0308. The van der Waals surface area contributed by atoms with Gasteiger partial charge in [0, 0.05) is 23.4 Å². The molecule has 1 aromatic carbocycles. The van der Waals surface area contributed by atoms with E-state index in [4.69, 9.17) is 4.74 Å². The number of ether oxygens (including phenoxy) is 1. The standard InChI is InChI=1S/C19H22N2O2/c1-13(2)12-23-18-6-4-3-5-16(18)17-11-14(9-10-20-17)19(22)21-15-7-8-15/h3-6,9-11,13,15H,7-8,12H2,1-2H3,(H,21,22). The number of para-hydroxylation sites is 1. The van der Waals surface area contributed by atoms with E-state index in [2.05, 4.69) is 24.1 Å². The Morgan fingerprint density at radius 3 is 2.83 bits per heavy atom. The molecule has 1 aliphatic carbocycles. The smallest absolute Gasteiger partial charge is 0.251 e. The topological polar surface area (TPSA) is 51.2 Å². The van der Waals surface area contributed by atoms with Crippen LogP contribution >= 0.6 is 0 Å². The van der Waals surface area contributed by atoms with Gasteiger partial charge in [-0.2, -0.15) is 0 Å². The van der Waals surface area contributed by atoms with Crippen LogP contribution in [-0.4, -0.2) is 23.5 Å². The predicted octanol–water partition coefficient (Wildman–Crippen LogP) is 3.68. The highest BCUT2D eigenvalue weighted by atomic mass is 16.5. The molecular weight excluding hydrogens is 288 g/mol. The van der Waals surface area contributed by atoms with Gasteiger partial charge in [-0.05, 0) is 43.0 Å². The maximum atomic E-state index is 12.2. The summed E-state index contributed by atoms with van der Waals surface area (Å²) in [5, 5.41) is 3.01. The van der Waals surface area contributed by atoms with Crippen LogP contribution in [0.4, 0.5) is 0 Å². The number of carbonyl (C=O) groups excluding carboxylic acids is 1. The first-order valence-electron chi connectivity index (χ1n) is 8.12. The predicted molar refractivity (Wildman–Crippen MR) is 90.5 cm³/mol. The van der Waals surface area contributed by atoms with Crippen LogP contribution in [0.25, 0.3) is 11.3 Å². The average Bonchev–Trinajstić information content (AvgIpc) is 3.37. The Morgan fingerprint density at radius 2 is 2.09 bits per heavy atom. The highest BCUT2D eigenvalue weighted by molar-refractivity contribution is 5.95. The first-order chi connectivity index (χ1) is 11.1. The van der Waals surface area contributed by atoms with Crippen molar-refractivity contribution in [2.24, 2.45) is 5.92 Å². The van der Waals surface area contributed by atoms with Gasteiger partial charge in [0.05, 0.1) is 12.3 Å². The fourth-order valence-corrected chi connectivity index (χ4v) is 2.28. The molecule has 1 aromatic heterocycles. The van der Waals surface area contributed by atoms with E-state index in [0.29, 0.717) is 24.1 Å². The number of amides is 1. The van der Waals surface area contributed by atoms with E-state index in [1.165, 1.54) is 0 Å². The molecule has 0 unspecified atom stereocenters. The quantitative estimate of drug-likeness (QED) is 0.885. The second-order valence-electron chi connectivity index (χ2n) is 6.38. The Balaban J connectivity index is 1.84. The summed E-state index contributed by atoms with van der Waals surface area (Å²) in [6, 6.07) is 11.7. The number of rotatable bonds is 6. The summed E-state index contributed by atoms with van der Waals surface area (Å²) >= 11 is 0. The van der Waals surface area contributed by atoms with Crippen LogP contribution in [0.5, 0.6) is 5.75 Å². The van der Waals surface area contributed by atoms with Gasteiger partial charge in [-0.15, -0.1) is 0 Å². The van der Waals surface area contributed by atoms with Crippen molar-refractivity contribution >= 4 is 5.91 Å². The van der Waals surface area contributed by atoms with Gasteiger partial charge in [0.2, 0.25) is 0 Å². The average molecular weight is 310 g/mol. The third-order valence-electron chi connectivity index (χ3n) is 3.67. The Hall–Kier alpha value is -2.36. The van der Waals surface area contributed by atoms with Crippen molar-refractivity contribution < 1.29 is 9.53 Å². The molecule has 0 saturated heterocycles. The van der Waals surface area contributed by atoms with Crippen LogP contribution in [0.15, 0.2) is 42.6 Å². The van der Waals surface area contributed by atoms with Crippen LogP contribution in [-0.2, 0) is 0 Å². The summed E-state index contributed by atoms with van der Waals surface area (Å²) in [7, 11) is 0. The van der Waals surface area contributed by atoms with Crippen LogP contribution in [0.2, 0.25) is 0 Å². The monoisotopic (exact) mass is 310 g/mol. The number of nitrogens with one attached hydrogen (secondary N) is 1. The maximum Gasteiger partial charge on any atom is 0.251 e. The van der Waals surface area contributed by atoms with E-state index >= 15 is 0 Å². The molecule has 1 saturated carbocycles. The molecule has 23 heavy (non-hydrogen) atoms. The van der Waals surface area contributed by atoms with Gasteiger partial charge in [0.25, 0.3) is 5.91 Å². The van der Waals surface area contributed by atoms with E-state index in [9.17, 15) is 4.79 Å². The van der Waals surface area contributed by atoms with Crippen molar-refractivity contribution in [1.82, 2.24) is 10.3 Å². The fraction of sp³-hybridized carbons (Fsp3) is 0.368. The minimum absolute atomic E-state index is 0.0308. The number of pyridine rings is 1. The third-order valence-corrected chi connectivity index (χ3v) is 3.67. The normalized spacial score (nSPS) is 13.9. The number of aromatic nitrogens is 1. The highest BCUT2D eigenvalue weighted by Crippen LogP contribution is 2.29. The summed E-state index contributed by atoms with van der Waals surface area (Å²) in [4.78, 5) is 16.6. The van der Waals surface area contributed by atoms with Crippen molar-refractivity contribution in [3.8, 4) is 17.0 Å². The number of nitrogens with zero attached hydrogens (tertiary/aromatic N) is 1. The van der Waals surface area contributed by atoms with Gasteiger partial charge in [0.1, 0.15) is 5.75 Å². The first kappa shape index (κ1) is 15.5. The van der Waals surface area contributed by atoms with Crippen molar-refractivity contribution in [2.45, 2.75) is 32.7 Å². The second kappa shape index (κ2) is 6.82. The maximum absolute atomic E-state index is 12.2. The fourth-order valence-electron chi connectivity index (χ4n) is 2.28. The highest BCUT2D eigenvalue weighted by Gasteiger charge is 2.24. The number of carbonyl (C=O) groups is 1. The molecule has 1 fully saturated rings. The molecule has 0 aliphatic heterocycles. The van der Waals surface area contributed by atoms with Crippen LogP contribution in [0.1, 0.15) is 37.0 Å². The zero-order valence-corrected chi connectivity index (χ0v) is 13.6. The molecule has 1 N–H and O–H groups in total. The van der Waals surface area contributed by atoms with Gasteiger partial charge in [-0.3, -0.25) is 9.78 Å². The lowest BCUT2D eigenvalue weighted by atomic mass is 10.1. The zero-order valence-electron chi connectivity index (χ0n) is 13.6. The summed E-state index contributed by atoms with van der Waals surface area (Å²) in [5.74, 6) is 1.22. The van der Waals surface area contributed by atoms with E-state index < -0.39 is 0 Å². The van der Waals surface area contributed by atoms with Gasteiger partial charge >= 0.3 is 0 Å². The summed E-state index contributed by atoms with van der Waals surface area (Å²) < 4.78 is 5.89. The lowest BCUT2D eigenvalue weighted by Crippen LogP contribution is -2.25. The molecule has 4 heteroatoms. The molecule has 2 aromatic rings. The summed E-state index contributed by atoms with van der Waals surface area (Å²) in [5.41, 5.74) is 2.31. The lowest BCUT2D eigenvalue weighted by Gasteiger charge is -2.13. The zero-order chi connectivity index (χ0) is 16.2. The Bertz CT molecular complexity index is 693. The van der Waals surface area contributed by atoms with Crippen molar-refractivity contribution in [1.29, 1.82) is 0 Å². The molecule has 0 spiro atoms. The molecule has 1 amide bonds. The molecule has 4 nitrogen and oxygen atoms in total. The number of benzene rings is 1. The first-order valence-corrected chi connectivity index (χ1v) is 8.12. The van der Waals surface area contributed by atoms with Gasteiger partial charge in [-0.25, -0.2) is 0 Å². The van der Waals surface area contributed by atoms with Gasteiger partial charge < -0.3 is 10.1 Å². The number of hydrogen-bond donors (Lipinski definition) is 1. The summed E-state index contributed by atoms with van der Waals surface area (Å²) in [6.07, 6.45) is 3.83. The van der Waals surface area contributed by atoms with E-state index in [1.807, 2.05) is 30.3 Å². The van der Waals surface area contributed by atoms with Crippen LogP contribution < -0.4 is 10.1 Å². The molecule has 0 bridgehead atoms. The van der Waals surface area contributed by atoms with Crippen molar-refractivity contribution in [3.05, 3.63) is 48.2 Å². The molecule has 1 heterocycles. The largest absolute Gasteiger partial charge is 0.493 e. The molecule has 3 rings (SSSR count). The number of hydrogen-bond acceptors (Lipinski definition) is 3. The van der Waals surface area contributed by atoms with Gasteiger partial charge in [0.15, 0.2) is 0 Å². The van der Waals surface area contributed by atoms with Crippen LogP contribution in [0.3, 0.4) is 0 Å². The second-order valence-corrected chi connectivity index (χ2v) is 6.38. The molecule has 0 radical (unpaired) electrons. The van der Waals surface area contributed by atoms with Crippen molar-refractivity contribution in [2.75, 3.05) is 6.61 Å². The van der Waals surface area contributed by atoms with E-state index in [0.717, 1.165) is 29.8 Å². The van der Waals surface area contributed by atoms with Crippen LogP contribution in [0, 0.1) is 5.92 Å². The summed E-state index contributed by atoms with van der Waals surface area (Å²) in [6.45, 7) is 4.88. The molecule has 120 valence electrons. The lowest BCUT2D eigenvalue weighted by molar-refractivity contribution is 0.0951. The third kappa shape index (κ3) is 4.09. The molecule has 1 aliphatic rings. The van der Waals surface area contributed by atoms with Gasteiger partial charge in [-0.1, -0.05) is 26.0 Å². The van der Waals surface area contributed by atoms with Crippen molar-refractivity contribution in [3.63, 3.8) is 0 Å². The van der Waals surface area contributed by atoms with E-state index in [1.54, 1.807) is 12.3 Å². The Labute approximate surface area is 136 Å². The minimum Gasteiger partial charge on any atom is -0.493 e. The molecule has 0 atom stereocenters.